The largest absolute Gasteiger partial charge is 0.491 e. The highest BCUT2D eigenvalue weighted by Gasteiger charge is 2.46. The summed E-state index contributed by atoms with van der Waals surface area (Å²) >= 11 is 1.23. The Morgan fingerprint density at radius 1 is 1.26 bits per heavy atom. The van der Waals surface area contributed by atoms with Crippen LogP contribution in [0.25, 0.3) is 0 Å². The lowest BCUT2D eigenvalue weighted by Crippen LogP contribution is -2.37. The minimum atomic E-state index is -2.70. The van der Waals surface area contributed by atoms with Gasteiger partial charge in [-0.1, -0.05) is 6.07 Å². The van der Waals surface area contributed by atoms with E-state index in [1.165, 1.54) is 37.7 Å². The van der Waals surface area contributed by atoms with Crippen molar-refractivity contribution < 1.29 is 32.0 Å². The highest BCUT2D eigenvalue weighted by Crippen LogP contribution is 2.50. The van der Waals surface area contributed by atoms with E-state index in [4.69, 9.17) is 4.74 Å². The maximum absolute atomic E-state index is 14.0. The molecule has 1 heterocycles. The smallest absolute Gasteiger partial charge is 0.312 e. The molecule has 1 aliphatic carbocycles. The summed E-state index contributed by atoms with van der Waals surface area (Å²) in [5.41, 5.74) is -0.0519. The molecule has 1 fully saturated rings. The van der Waals surface area contributed by atoms with E-state index in [1.807, 2.05) is 4.90 Å². The number of carboxylic acids is 1. The SMILES string of the molecule is CN1CCN(c2cccc(F)c2)c2cc(SC3CC(F)(F)C3)c(OCC(C)(C)C(=O)O)cc2S1=O. The zero-order valence-electron chi connectivity index (χ0n) is 19.6. The van der Waals surface area contributed by atoms with Crippen molar-refractivity contribution in [1.82, 2.24) is 4.31 Å². The van der Waals surface area contributed by atoms with Crippen LogP contribution in [0.4, 0.5) is 24.5 Å². The molecule has 1 aliphatic heterocycles. The summed E-state index contributed by atoms with van der Waals surface area (Å²) < 4.78 is 62.0. The van der Waals surface area contributed by atoms with Gasteiger partial charge in [0.2, 0.25) is 5.92 Å². The standard InChI is InChI=1S/C24H27F3N2O4S2/c1-23(2,22(30)31)14-33-19-11-21-18(10-20(19)34-17-12-24(26,27)13-17)29(8-7-28(3)35(21)32)16-6-4-5-15(25)9-16/h4-6,9-11,17H,7-8,12-14H2,1-3H3,(H,30,31). The number of halogens is 3. The number of aliphatic carboxylic acids is 1. The van der Waals surface area contributed by atoms with Crippen LogP contribution in [-0.2, 0) is 15.8 Å². The number of ether oxygens (including phenoxy) is 1. The van der Waals surface area contributed by atoms with Gasteiger partial charge in [0.05, 0.1) is 20.9 Å². The second-order valence-electron chi connectivity index (χ2n) is 9.48. The molecule has 0 aromatic heterocycles. The number of fused-ring (bicyclic) bond motifs is 1. The molecule has 2 aromatic carbocycles. The maximum Gasteiger partial charge on any atom is 0.312 e. The molecule has 0 amide bonds. The van der Waals surface area contributed by atoms with Gasteiger partial charge >= 0.3 is 5.97 Å². The number of alkyl halides is 2. The van der Waals surface area contributed by atoms with Gasteiger partial charge in [-0.05, 0) is 38.1 Å². The Morgan fingerprint density at radius 2 is 1.97 bits per heavy atom. The van der Waals surface area contributed by atoms with Crippen LogP contribution >= 0.6 is 11.8 Å². The molecule has 1 unspecified atom stereocenters. The van der Waals surface area contributed by atoms with Crippen LogP contribution in [0.1, 0.15) is 26.7 Å². The van der Waals surface area contributed by atoms with E-state index in [9.17, 15) is 27.3 Å². The first-order chi connectivity index (χ1) is 16.4. The second-order valence-corrected chi connectivity index (χ2v) is 12.4. The first kappa shape index (κ1) is 25.8. The number of likely N-dealkylation sites (N-methyl/N-ethyl adjacent to an activating group) is 1. The van der Waals surface area contributed by atoms with Crippen LogP contribution in [0.3, 0.4) is 0 Å². The van der Waals surface area contributed by atoms with Gasteiger partial charge in [-0.15, -0.1) is 11.8 Å². The van der Waals surface area contributed by atoms with E-state index in [-0.39, 0.29) is 24.7 Å². The van der Waals surface area contributed by atoms with E-state index in [0.29, 0.717) is 40.0 Å². The molecule has 1 atom stereocenters. The zero-order valence-corrected chi connectivity index (χ0v) is 21.2. The lowest BCUT2D eigenvalue weighted by molar-refractivity contribution is -0.148. The van der Waals surface area contributed by atoms with Gasteiger partial charge in [-0.2, -0.15) is 0 Å². The van der Waals surface area contributed by atoms with E-state index in [2.05, 4.69) is 0 Å². The Balaban J connectivity index is 1.78. The number of benzene rings is 2. The molecule has 1 saturated carbocycles. The Labute approximate surface area is 209 Å². The quantitative estimate of drug-likeness (QED) is 0.525. The van der Waals surface area contributed by atoms with Crippen molar-refractivity contribution in [3.05, 3.63) is 42.2 Å². The van der Waals surface area contributed by atoms with Crippen molar-refractivity contribution in [2.24, 2.45) is 5.41 Å². The van der Waals surface area contributed by atoms with Crippen molar-refractivity contribution in [2.75, 3.05) is 31.6 Å². The number of hydrogen-bond donors (Lipinski definition) is 1. The van der Waals surface area contributed by atoms with E-state index in [1.54, 1.807) is 35.6 Å². The number of carboxylic acid groups (broad SMARTS) is 1. The zero-order chi connectivity index (χ0) is 25.5. The molecule has 11 heteroatoms. The fraction of sp³-hybridized carbons (Fsp3) is 0.458. The summed E-state index contributed by atoms with van der Waals surface area (Å²) in [5, 5.41) is 9.13. The van der Waals surface area contributed by atoms with Crippen LogP contribution in [0.5, 0.6) is 5.75 Å². The molecule has 1 N–H and O–H groups in total. The lowest BCUT2D eigenvalue weighted by Gasteiger charge is -2.35. The topological polar surface area (TPSA) is 70.1 Å². The number of rotatable bonds is 7. The Kier molecular flexibility index (Phi) is 7.14. The Morgan fingerprint density at radius 3 is 2.60 bits per heavy atom. The Bertz CT molecular complexity index is 1150. The molecule has 0 bridgehead atoms. The minimum absolute atomic E-state index is 0.161. The van der Waals surface area contributed by atoms with Crippen LogP contribution in [-0.4, -0.2) is 57.5 Å². The van der Waals surface area contributed by atoms with Crippen LogP contribution in [0.15, 0.2) is 46.2 Å². The third kappa shape index (κ3) is 5.62. The van der Waals surface area contributed by atoms with Gasteiger partial charge in [-0.25, -0.2) is 21.7 Å². The first-order valence-corrected chi connectivity index (χ1v) is 13.1. The molecule has 0 saturated heterocycles. The van der Waals surface area contributed by atoms with Crippen molar-refractivity contribution in [3.8, 4) is 5.75 Å². The summed E-state index contributed by atoms with van der Waals surface area (Å²) in [5.74, 6) is -3.86. The maximum atomic E-state index is 14.0. The van der Waals surface area contributed by atoms with Crippen LogP contribution < -0.4 is 9.64 Å². The van der Waals surface area contributed by atoms with Crippen LogP contribution in [0.2, 0.25) is 0 Å². The van der Waals surface area contributed by atoms with E-state index >= 15 is 0 Å². The molecule has 35 heavy (non-hydrogen) atoms. The molecule has 0 radical (unpaired) electrons. The summed E-state index contributed by atoms with van der Waals surface area (Å²) in [7, 11) is 0.141. The monoisotopic (exact) mass is 528 g/mol. The summed E-state index contributed by atoms with van der Waals surface area (Å²) in [6, 6.07) is 9.40. The fourth-order valence-electron chi connectivity index (χ4n) is 3.80. The number of nitrogens with zero attached hydrogens (tertiary/aromatic N) is 2. The van der Waals surface area contributed by atoms with Gasteiger partial charge in [0, 0.05) is 50.0 Å². The fourth-order valence-corrected chi connectivity index (χ4v) is 6.37. The van der Waals surface area contributed by atoms with Gasteiger partial charge < -0.3 is 14.7 Å². The van der Waals surface area contributed by atoms with Crippen molar-refractivity contribution >= 4 is 40.1 Å². The third-order valence-corrected chi connectivity index (χ3v) is 8.75. The van der Waals surface area contributed by atoms with E-state index < -0.39 is 34.1 Å². The molecule has 190 valence electrons. The third-order valence-electron chi connectivity index (χ3n) is 6.06. The highest BCUT2D eigenvalue weighted by atomic mass is 32.2. The normalized spacial score (nSPS) is 20.6. The predicted octanol–water partition coefficient (Wildman–Crippen LogP) is 5.31. The first-order valence-electron chi connectivity index (χ1n) is 11.1. The molecule has 2 aliphatic rings. The molecule has 0 spiro atoms. The molecular weight excluding hydrogens is 501 g/mol. The van der Waals surface area contributed by atoms with Gasteiger partial charge in [0.25, 0.3) is 0 Å². The van der Waals surface area contributed by atoms with Crippen molar-refractivity contribution in [3.63, 3.8) is 0 Å². The van der Waals surface area contributed by atoms with Crippen LogP contribution in [0, 0.1) is 11.2 Å². The van der Waals surface area contributed by atoms with Gasteiger partial charge in [0.1, 0.15) is 29.2 Å². The highest BCUT2D eigenvalue weighted by molar-refractivity contribution is 8.00. The number of anilines is 2. The summed E-state index contributed by atoms with van der Waals surface area (Å²) in [6.07, 6.45) is -0.534. The second kappa shape index (κ2) is 9.67. The van der Waals surface area contributed by atoms with Gasteiger partial charge in [0.15, 0.2) is 0 Å². The van der Waals surface area contributed by atoms with Crippen molar-refractivity contribution in [2.45, 2.75) is 47.7 Å². The van der Waals surface area contributed by atoms with Gasteiger partial charge in [-0.3, -0.25) is 4.79 Å². The number of hydrogen-bond acceptors (Lipinski definition) is 5. The number of carbonyl (C=O) groups is 1. The predicted molar refractivity (Wildman–Crippen MR) is 130 cm³/mol. The molecular formula is C24H27F3N2O4S2. The molecule has 2 aromatic rings. The average Bonchev–Trinajstić information content (AvgIpc) is 2.87. The Hall–Kier alpha value is -2.24. The van der Waals surface area contributed by atoms with E-state index in [0.717, 1.165) is 0 Å². The summed E-state index contributed by atoms with van der Waals surface area (Å²) in [4.78, 5) is 14.4. The average molecular weight is 529 g/mol. The lowest BCUT2D eigenvalue weighted by atomic mass is 9.94. The molecule has 6 nitrogen and oxygen atoms in total. The minimum Gasteiger partial charge on any atom is -0.491 e. The van der Waals surface area contributed by atoms with Crippen molar-refractivity contribution in [1.29, 1.82) is 0 Å². The summed E-state index contributed by atoms with van der Waals surface area (Å²) in [6.45, 7) is 3.74. The molecule has 4 rings (SSSR count). The number of thioether (sulfide) groups is 1.